The Labute approximate surface area is 121 Å². The molecule has 0 atom stereocenters. The molecule has 1 amide bonds. The van der Waals surface area contributed by atoms with E-state index in [-0.39, 0.29) is 11.7 Å². The van der Waals surface area contributed by atoms with Gasteiger partial charge in [-0.1, -0.05) is 6.92 Å². The fourth-order valence-corrected chi connectivity index (χ4v) is 2.09. The van der Waals surface area contributed by atoms with Crippen molar-refractivity contribution in [1.29, 1.82) is 0 Å². The number of amides is 1. The molecule has 0 saturated heterocycles. The van der Waals surface area contributed by atoms with Gasteiger partial charge in [0.2, 0.25) is 5.76 Å². The van der Waals surface area contributed by atoms with E-state index < -0.39 is 0 Å². The highest BCUT2D eigenvalue weighted by molar-refractivity contribution is 5.92. The van der Waals surface area contributed by atoms with E-state index in [9.17, 15) is 4.79 Å². The van der Waals surface area contributed by atoms with Gasteiger partial charge in [-0.3, -0.25) is 14.2 Å². The van der Waals surface area contributed by atoms with Crippen LogP contribution in [0.3, 0.4) is 0 Å². The van der Waals surface area contributed by atoms with Gasteiger partial charge < -0.3 is 9.73 Å². The molecule has 1 N–H and O–H groups in total. The topological polar surface area (TPSA) is 85.3 Å². The molecule has 7 nitrogen and oxygen atoms in total. The van der Waals surface area contributed by atoms with E-state index in [1.807, 2.05) is 11.3 Å². The normalized spacial score (nSPS) is 11.0. The van der Waals surface area contributed by atoms with E-state index in [1.54, 1.807) is 31.7 Å². The molecule has 3 rings (SSSR count). The van der Waals surface area contributed by atoms with E-state index in [4.69, 9.17) is 4.42 Å². The Morgan fingerprint density at radius 2 is 2.29 bits per heavy atom. The summed E-state index contributed by atoms with van der Waals surface area (Å²) >= 11 is 0. The predicted molar refractivity (Wildman–Crippen MR) is 74.8 cm³/mol. The van der Waals surface area contributed by atoms with Crippen LogP contribution in [-0.4, -0.2) is 25.3 Å². The standard InChI is InChI=1S/C14H15N5O2/c1-3-12-18-9(2)13(21-12)14(20)17-7-10-6-16-11-8-15-4-5-19(10)11/h4-6,8H,3,7H2,1-2H3,(H,17,20). The zero-order valence-electron chi connectivity index (χ0n) is 11.8. The van der Waals surface area contributed by atoms with E-state index in [0.29, 0.717) is 24.6 Å². The second-order valence-electron chi connectivity index (χ2n) is 4.61. The van der Waals surface area contributed by atoms with Crippen molar-refractivity contribution >= 4 is 11.6 Å². The van der Waals surface area contributed by atoms with Gasteiger partial charge >= 0.3 is 0 Å². The predicted octanol–water partition coefficient (Wildman–Crippen LogP) is 1.52. The Balaban J connectivity index is 1.75. The minimum atomic E-state index is -0.274. The number of nitrogens with one attached hydrogen (secondary N) is 1. The van der Waals surface area contributed by atoms with E-state index in [0.717, 1.165) is 11.3 Å². The molecular weight excluding hydrogens is 270 g/mol. The summed E-state index contributed by atoms with van der Waals surface area (Å²) in [5.41, 5.74) is 2.21. The zero-order valence-corrected chi connectivity index (χ0v) is 11.8. The number of oxazole rings is 1. The smallest absolute Gasteiger partial charge is 0.289 e. The molecule has 0 aliphatic heterocycles. The first-order valence-corrected chi connectivity index (χ1v) is 6.69. The van der Waals surface area contributed by atoms with Crippen LogP contribution in [0.5, 0.6) is 0 Å². The molecule has 0 radical (unpaired) electrons. The van der Waals surface area contributed by atoms with Gasteiger partial charge in [0.1, 0.15) is 0 Å². The first kappa shape index (κ1) is 13.3. The molecule has 21 heavy (non-hydrogen) atoms. The summed E-state index contributed by atoms with van der Waals surface area (Å²) in [4.78, 5) is 24.5. The number of aromatic nitrogens is 4. The Bertz CT molecular complexity index is 790. The maximum Gasteiger partial charge on any atom is 0.289 e. The Hall–Kier alpha value is -2.70. The lowest BCUT2D eigenvalue weighted by Crippen LogP contribution is -2.23. The highest BCUT2D eigenvalue weighted by atomic mass is 16.4. The lowest BCUT2D eigenvalue weighted by molar-refractivity contribution is 0.0920. The lowest BCUT2D eigenvalue weighted by Gasteiger charge is -2.03. The highest BCUT2D eigenvalue weighted by Gasteiger charge is 2.16. The van der Waals surface area contributed by atoms with Gasteiger partial charge in [-0.2, -0.15) is 0 Å². The molecule has 0 aliphatic rings. The minimum absolute atomic E-state index is 0.266. The SMILES string of the molecule is CCc1nc(C)c(C(=O)NCc2cnc3cnccn23)o1. The number of hydrogen-bond acceptors (Lipinski definition) is 5. The zero-order chi connectivity index (χ0) is 14.8. The third-order valence-corrected chi connectivity index (χ3v) is 3.17. The van der Waals surface area contributed by atoms with Gasteiger partial charge in [-0.25, -0.2) is 9.97 Å². The number of nitrogens with zero attached hydrogens (tertiary/aromatic N) is 4. The van der Waals surface area contributed by atoms with Crippen molar-refractivity contribution in [3.63, 3.8) is 0 Å². The summed E-state index contributed by atoms with van der Waals surface area (Å²) in [6.07, 6.45) is 7.52. The molecule has 0 aliphatic carbocycles. The van der Waals surface area contributed by atoms with Crippen LogP contribution in [0, 0.1) is 6.92 Å². The number of rotatable bonds is 4. The maximum atomic E-state index is 12.1. The highest BCUT2D eigenvalue weighted by Crippen LogP contribution is 2.11. The first-order valence-electron chi connectivity index (χ1n) is 6.69. The largest absolute Gasteiger partial charge is 0.435 e. The molecule has 0 spiro atoms. The number of carbonyl (C=O) groups excluding carboxylic acids is 1. The van der Waals surface area contributed by atoms with Gasteiger partial charge in [0, 0.05) is 18.8 Å². The van der Waals surface area contributed by atoms with Crippen molar-refractivity contribution in [3.05, 3.63) is 47.8 Å². The average Bonchev–Trinajstić information content (AvgIpc) is 3.08. The molecule has 108 valence electrons. The Morgan fingerprint density at radius 3 is 3.05 bits per heavy atom. The molecule has 0 unspecified atom stereocenters. The average molecular weight is 285 g/mol. The van der Waals surface area contributed by atoms with E-state index in [2.05, 4.69) is 20.3 Å². The van der Waals surface area contributed by atoms with Gasteiger partial charge in [0.05, 0.1) is 30.3 Å². The van der Waals surface area contributed by atoms with Crippen molar-refractivity contribution in [2.24, 2.45) is 0 Å². The summed E-state index contributed by atoms with van der Waals surface area (Å²) in [6.45, 7) is 4.04. The number of aryl methyl sites for hydroxylation is 2. The first-order chi connectivity index (χ1) is 10.2. The fourth-order valence-electron chi connectivity index (χ4n) is 2.09. The monoisotopic (exact) mass is 285 g/mol. The number of fused-ring (bicyclic) bond motifs is 1. The van der Waals surface area contributed by atoms with Crippen LogP contribution < -0.4 is 5.32 Å². The minimum Gasteiger partial charge on any atom is -0.435 e. The third-order valence-electron chi connectivity index (χ3n) is 3.17. The Kier molecular flexibility index (Phi) is 3.39. The van der Waals surface area contributed by atoms with Crippen molar-refractivity contribution < 1.29 is 9.21 Å². The molecule has 3 aromatic rings. The van der Waals surface area contributed by atoms with E-state index in [1.165, 1.54) is 0 Å². The van der Waals surface area contributed by atoms with Crippen molar-refractivity contribution in [3.8, 4) is 0 Å². The third kappa shape index (κ3) is 2.49. The molecule has 0 aromatic carbocycles. The van der Waals surface area contributed by atoms with Crippen LogP contribution in [0.4, 0.5) is 0 Å². The summed E-state index contributed by atoms with van der Waals surface area (Å²) in [5, 5.41) is 2.82. The van der Waals surface area contributed by atoms with Gasteiger partial charge in [-0.05, 0) is 6.92 Å². The Morgan fingerprint density at radius 1 is 1.43 bits per heavy atom. The quantitative estimate of drug-likeness (QED) is 0.785. The molecule has 3 heterocycles. The van der Waals surface area contributed by atoms with Crippen LogP contribution in [0.15, 0.2) is 29.2 Å². The second-order valence-corrected chi connectivity index (χ2v) is 4.61. The molecule has 0 bridgehead atoms. The van der Waals surface area contributed by atoms with Crippen LogP contribution in [0.25, 0.3) is 5.65 Å². The molecule has 7 heteroatoms. The van der Waals surface area contributed by atoms with Crippen LogP contribution in [-0.2, 0) is 13.0 Å². The van der Waals surface area contributed by atoms with E-state index >= 15 is 0 Å². The summed E-state index contributed by atoms with van der Waals surface area (Å²) < 4.78 is 7.30. The van der Waals surface area contributed by atoms with Gasteiger partial charge in [-0.15, -0.1) is 0 Å². The molecule has 0 fully saturated rings. The maximum absolute atomic E-state index is 12.1. The summed E-state index contributed by atoms with van der Waals surface area (Å²) in [6, 6.07) is 0. The lowest BCUT2D eigenvalue weighted by atomic mass is 10.3. The number of carbonyl (C=O) groups is 1. The van der Waals surface area contributed by atoms with Crippen LogP contribution in [0.1, 0.15) is 34.8 Å². The van der Waals surface area contributed by atoms with Crippen molar-refractivity contribution in [2.75, 3.05) is 0 Å². The van der Waals surface area contributed by atoms with Crippen LogP contribution >= 0.6 is 0 Å². The van der Waals surface area contributed by atoms with Crippen molar-refractivity contribution in [1.82, 2.24) is 24.7 Å². The van der Waals surface area contributed by atoms with Gasteiger partial charge in [0.15, 0.2) is 11.5 Å². The van der Waals surface area contributed by atoms with Crippen LogP contribution in [0.2, 0.25) is 0 Å². The molecule has 0 saturated carbocycles. The summed E-state index contributed by atoms with van der Waals surface area (Å²) in [7, 11) is 0. The summed E-state index contributed by atoms with van der Waals surface area (Å²) in [5.74, 6) is 0.560. The fraction of sp³-hybridized carbons (Fsp3) is 0.286. The number of imidazole rings is 1. The second kappa shape index (κ2) is 5.35. The van der Waals surface area contributed by atoms with Crippen molar-refractivity contribution in [2.45, 2.75) is 26.8 Å². The molecule has 3 aromatic heterocycles. The van der Waals surface area contributed by atoms with Gasteiger partial charge in [0.25, 0.3) is 5.91 Å². The number of hydrogen-bond donors (Lipinski definition) is 1. The molecular formula is C14H15N5O2.